The molecule has 0 bridgehead atoms. The number of carbonyl (C=O) groups is 2. The highest BCUT2D eigenvalue weighted by atomic mass is 16.6. The summed E-state index contributed by atoms with van der Waals surface area (Å²) in [6, 6.07) is 1.15. The summed E-state index contributed by atoms with van der Waals surface area (Å²) in [4.78, 5) is 32.3. The summed E-state index contributed by atoms with van der Waals surface area (Å²) in [6.45, 7) is 2.07. The molecule has 20 heavy (non-hydrogen) atoms. The summed E-state index contributed by atoms with van der Waals surface area (Å²) >= 11 is 0. The van der Waals surface area contributed by atoms with Gasteiger partial charge in [0.2, 0.25) is 0 Å². The lowest BCUT2D eigenvalue weighted by molar-refractivity contribution is -0.384. The van der Waals surface area contributed by atoms with Crippen molar-refractivity contribution >= 4 is 17.6 Å². The zero-order valence-corrected chi connectivity index (χ0v) is 10.8. The van der Waals surface area contributed by atoms with Gasteiger partial charge in [0.15, 0.2) is 6.10 Å². The van der Waals surface area contributed by atoms with E-state index in [1.165, 1.54) is 10.8 Å². The number of aryl methyl sites for hydroxylation is 1. The summed E-state index contributed by atoms with van der Waals surface area (Å²) in [6.07, 6.45) is -0.445. The van der Waals surface area contributed by atoms with Crippen LogP contribution in [0.1, 0.15) is 23.8 Å². The Bertz CT molecular complexity index is 524. The first-order chi connectivity index (χ1) is 9.36. The molecule has 3 N–H and O–H groups in total. The SMILES string of the molecule is CCn1cc([N+](=O)[O-])cc1C(=O)NCC[C@H](O)C(=O)O. The molecule has 1 amide bonds. The highest BCUT2D eigenvalue weighted by molar-refractivity contribution is 5.93. The van der Waals surface area contributed by atoms with E-state index in [0.29, 0.717) is 6.54 Å². The normalized spacial score (nSPS) is 11.9. The van der Waals surface area contributed by atoms with E-state index in [-0.39, 0.29) is 24.3 Å². The lowest BCUT2D eigenvalue weighted by atomic mass is 10.2. The minimum absolute atomic E-state index is 0.0466. The van der Waals surface area contributed by atoms with Crippen LogP contribution in [-0.2, 0) is 11.3 Å². The predicted molar refractivity (Wildman–Crippen MR) is 67.4 cm³/mol. The summed E-state index contributed by atoms with van der Waals surface area (Å²) in [7, 11) is 0. The van der Waals surface area contributed by atoms with Gasteiger partial charge in [0.1, 0.15) is 5.69 Å². The van der Waals surface area contributed by atoms with Gasteiger partial charge in [-0.05, 0) is 6.92 Å². The van der Waals surface area contributed by atoms with Crippen LogP contribution in [0.5, 0.6) is 0 Å². The van der Waals surface area contributed by atoms with E-state index in [0.717, 1.165) is 6.07 Å². The Hall–Kier alpha value is -2.42. The van der Waals surface area contributed by atoms with E-state index in [2.05, 4.69) is 5.32 Å². The molecule has 0 aliphatic carbocycles. The fourth-order valence-corrected chi connectivity index (χ4v) is 1.58. The van der Waals surface area contributed by atoms with Crippen molar-refractivity contribution in [3.05, 3.63) is 28.1 Å². The van der Waals surface area contributed by atoms with E-state index in [4.69, 9.17) is 10.2 Å². The van der Waals surface area contributed by atoms with Crippen LogP contribution in [-0.4, -0.2) is 44.2 Å². The van der Waals surface area contributed by atoms with Crippen molar-refractivity contribution in [2.75, 3.05) is 6.54 Å². The molecule has 0 unspecified atom stereocenters. The Labute approximate surface area is 114 Å². The molecule has 0 saturated carbocycles. The number of nitro groups is 1. The number of rotatable bonds is 7. The van der Waals surface area contributed by atoms with Crippen LogP contribution in [0.25, 0.3) is 0 Å². The number of carbonyl (C=O) groups excluding carboxylic acids is 1. The van der Waals surface area contributed by atoms with Gasteiger partial charge in [-0.2, -0.15) is 0 Å². The molecule has 0 saturated heterocycles. The molecular formula is C11H15N3O6. The van der Waals surface area contributed by atoms with Crippen LogP contribution in [0.3, 0.4) is 0 Å². The molecule has 1 rings (SSSR count). The van der Waals surface area contributed by atoms with Gasteiger partial charge in [-0.1, -0.05) is 0 Å². The molecule has 0 fully saturated rings. The molecule has 1 heterocycles. The summed E-state index contributed by atoms with van der Waals surface area (Å²) in [5.74, 6) is -1.93. The van der Waals surface area contributed by atoms with Crippen molar-refractivity contribution in [1.82, 2.24) is 9.88 Å². The second kappa shape index (κ2) is 6.66. The number of carboxylic acid groups (broad SMARTS) is 1. The first kappa shape index (κ1) is 15.6. The number of aliphatic carboxylic acids is 1. The van der Waals surface area contributed by atoms with Gasteiger partial charge in [0.25, 0.3) is 11.6 Å². The smallest absolute Gasteiger partial charge is 0.332 e. The number of aliphatic hydroxyl groups is 1. The third-order valence-electron chi connectivity index (χ3n) is 2.65. The largest absolute Gasteiger partial charge is 0.479 e. The van der Waals surface area contributed by atoms with Crippen molar-refractivity contribution in [3.63, 3.8) is 0 Å². The van der Waals surface area contributed by atoms with Gasteiger partial charge in [0, 0.05) is 25.6 Å². The van der Waals surface area contributed by atoms with Crippen molar-refractivity contribution in [2.24, 2.45) is 0 Å². The predicted octanol–water partition coefficient (Wildman–Crippen LogP) is -0.0184. The van der Waals surface area contributed by atoms with E-state index in [1.54, 1.807) is 6.92 Å². The maximum Gasteiger partial charge on any atom is 0.332 e. The van der Waals surface area contributed by atoms with Gasteiger partial charge in [0.05, 0.1) is 11.1 Å². The quantitative estimate of drug-likeness (QED) is 0.476. The third-order valence-corrected chi connectivity index (χ3v) is 2.65. The van der Waals surface area contributed by atoms with E-state index >= 15 is 0 Å². The average molecular weight is 285 g/mol. The Morgan fingerprint density at radius 1 is 1.55 bits per heavy atom. The number of aliphatic hydroxyl groups excluding tert-OH is 1. The fraction of sp³-hybridized carbons (Fsp3) is 0.455. The number of nitrogens with zero attached hydrogens (tertiary/aromatic N) is 2. The number of hydrogen-bond acceptors (Lipinski definition) is 5. The van der Waals surface area contributed by atoms with Crippen LogP contribution >= 0.6 is 0 Å². The van der Waals surface area contributed by atoms with Crippen molar-refractivity contribution in [3.8, 4) is 0 Å². The van der Waals surface area contributed by atoms with Crippen LogP contribution < -0.4 is 5.32 Å². The highest BCUT2D eigenvalue weighted by Crippen LogP contribution is 2.16. The van der Waals surface area contributed by atoms with Crippen LogP contribution in [0.2, 0.25) is 0 Å². The fourth-order valence-electron chi connectivity index (χ4n) is 1.58. The van der Waals surface area contributed by atoms with Crippen molar-refractivity contribution in [1.29, 1.82) is 0 Å². The highest BCUT2D eigenvalue weighted by Gasteiger charge is 2.19. The van der Waals surface area contributed by atoms with Gasteiger partial charge >= 0.3 is 5.97 Å². The second-order valence-corrected chi connectivity index (χ2v) is 4.03. The molecule has 0 spiro atoms. The lowest BCUT2D eigenvalue weighted by Gasteiger charge is -2.08. The van der Waals surface area contributed by atoms with Gasteiger partial charge in [-0.3, -0.25) is 14.9 Å². The molecule has 1 atom stereocenters. The zero-order chi connectivity index (χ0) is 15.3. The van der Waals surface area contributed by atoms with Crippen molar-refractivity contribution < 1.29 is 24.7 Å². The zero-order valence-electron chi connectivity index (χ0n) is 10.8. The van der Waals surface area contributed by atoms with Crippen molar-refractivity contribution in [2.45, 2.75) is 26.0 Å². The number of aromatic nitrogens is 1. The summed E-state index contributed by atoms with van der Waals surface area (Å²) in [5.41, 5.74) is -0.0772. The molecule has 0 aromatic carbocycles. The minimum Gasteiger partial charge on any atom is -0.479 e. The molecule has 1 aromatic rings. The number of nitrogens with one attached hydrogen (secondary N) is 1. The molecular weight excluding hydrogens is 270 g/mol. The number of hydrogen-bond donors (Lipinski definition) is 3. The molecule has 110 valence electrons. The third kappa shape index (κ3) is 3.79. The van der Waals surface area contributed by atoms with Gasteiger partial charge < -0.3 is 20.1 Å². The van der Waals surface area contributed by atoms with Crippen LogP contribution in [0.15, 0.2) is 12.3 Å². The summed E-state index contributed by atoms with van der Waals surface area (Å²) < 4.78 is 1.42. The molecule has 9 nitrogen and oxygen atoms in total. The van der Waals surface area contributed by atoms with E-state index in [1.807, 2.05) is 0 Å². The number of amides is 1. The molecule has 0 aliphatic heterocycles. The Kier molecular flexibility index (Phi) is 5.21. The second-order valence-electron chi connectivity index (χ2n) is 4.03. The van der Waals surface area contributed by atoms with E-state index < -0.39 is 22.9 Å². The standard InChI is InChI=1S/C11H15N3O6/c1-2-13-6-7(14(19)20)5-8(13)10(16)12-4-3-9(15)11(17)18/h5-6,9,15H,2-4H2,1H3,(H,12,16)(H,17,18)/t9-/m0/s1. The van der Waals surface area contributed by atoms with Crippen LogP contribution in [0, 0.1) is 10.1 Å². The Balaban J connectivity index is 2.67. The maximum atomic E-state index is 11.8. The molecule has 0 radical (unpaired) electrons. The molecule has 0 aliphatic rings. The average Bonchev–Trinajstić information content (AvgIpc) is 2.82. The molecule has 1 aromatic heterocycles. The monoisotopic (exact) mass is 285 g/mol. The topological polar surface area (TPSA) is 135 Å². The first-order valence-corrected chi connectivity index (χ1v) is 5.90. The number of carboxylic acids is 1. The van der Waals surface area contributed by atoms with Crippen LogP contribution in [0.4, 0.5) is 5.69 Å². The minimum atomic E-state index is -1.55. The maximum absolute atomic E-state index is 11.8. The lowest BCUT2D eigenvalue weighted by Crippen LogP contribution is -2.31. The van der Waals surface area contributed by atoms with Gasteiger partial charge in [-0.15, -0.1) is 0 Å². The Morgan fingerprint density at radius 2 is 2.20 bits per heavy atom. The summed E-state index contributed by atoms with van der Waals surface area (Å²) in [5, 5.41) is 30.6. The van der Waals surface area contributed by atoms with Gasteiger partial charge in [-0.25, -0.2) is 4.79 Å². The Morgan fingerprint density at radius 3 is 2.70 bits per heavy atom. The molecule has 9 heteroatoms. The van der Waals surface area contributed by atoms with E-state index in [9.17, 15) is 19.7 Å². The first-order valence-electron chi connectivity index (χ1n) is 5.90.